The van der Waals surface area contributed by atoms with E-state index in [9.17, 15) is 4.79 Å². The molecule has 0 spiro atoms. The molecule has 0 radical (unpaired) electrons. The molecule has 3 heteroatoms. The average molecular weight is 299 g/mol. The quantitative estimate of drug-likeness (QED) is 0.619. The van der Waals surface area contributed by atoms with Gasteiger partial charge in [0.15, 0.2) is 11.5 Å². The fourth-order valence-electron chi connectivity index (χ4n) is 2.29. The van der Waals surface area contributed by atoms with Gasteiger partial charge in [-0.25, -0.2) is 0 Å². The van der Waals surface area contributed by atoms with E-state index in [2.05, 4.69) is 31.2 Å². The van der Waals surface area contributed by atoms with Gasteiger partial charge in [-0.1, -0.05) is 41.4 Å². The van der Waals surface area contributed by atoms with Crippen molar-refractivity contribution in [2.45, 2.75) is 19.8 Å². The van der Waals surface area contributed by atoms with Crippen LogP contribution in [0.3, 0.4) is 0 Å². The second-order valence-electron chi connectivity index (χ2n) is 5.20. The monoisotopic (exact) mass is 298 g/mol. The highest BCUT2D eigenvalue weighted by atomic mass is 35.5. The average Bonchev–Trinajstić information content (AvgIpc) is 2.89. The normalized spacial score (nSPS) is 11.0. The van der Waals surface area contributed by atoms with Crippen molar-refractivity contribution < 1.29 is 9.21 Å². The second kappa shape index (κ2) is 5.74. The predicted molar refractivity (Wildman–Crippen MR) is 85.1 cm³/mol. The molecular formula is C18H15ClO2. The third kappa shape index (κ3) is 3.17. The molecule has 0 fully saturated rings. The van der Waals surface area contributed by atoms with E-state index >= 15 is 0 Å². The van der Waals surface area contributed by atoms with E-state index in [1.165, 1.54) is 5.56 Å². The number of benzene rings is 2. The number of halogens is 1. The Kier molecular flexibility index (Phi) is 3.80. The van der Waals surface area contributed by atoms with Gasteiger partial charge in [-0.2, -0.15) is 0 Å². The van der Waals surface area contributed by atoms with Crippen LogP contribution in [0.1, 0.15) is 28.1 Å². The Hall–Kier alpha value is -2.06. The van der Waals surface area contributed by atoms with Crippen LogP contribution in [0.15, 0.2) is 52.9 Å². The minimum Gasteiger partial charge on any atom is -0.453 e. The van der Waals surface area contributed by atoms with Gasteiger partial charge in [0, 0.05) is 16.8 Å². The summed E-state index contributed by atoms with van der Waals surface area (Å²) in [6, 6.07) is 15.3. The van der Waals surface area contributed by atoms with Crippen LogP contribution in [0.25, 0.3) is 11.0 Å². The van der Waals surface area contributed by atoms with Crippen LogP contribution in [-0.4, -0.2) is 5.78 Å². The molecule has 1 heterocycles. The third-order valence-electron chi connectivity index (χ3n) is 3.51. The summed E-state index contributed by atoms with van der Waals surface area (Å²) in [5, 5.41) is 1.50. The molecule has 1 aromatic heterocycles. The van der Waals surface area contributed by atoms with Crippen LogP contribution in [0.5, 0.6) is 0 Å². The first-order chi connectivity index (χ1) is 10.1. The first kappa shape index (κ1) is 13.9. The van der Waals surface area contributed by atoms with Crippen LogP contribution in [-0.2, 0) is 6.42 Å². The minimum atomic E-state index is 0.0166. The van der Waals surface area contributed by atoms with Gasteiger partial charge in [0.05, 0.1) is 0 Å². The van der Waals surface area contributed by atoms with E-state index in [0.717, 1.165) is 17.4 Å². The number of furan rings is 1. The highest BCUT2D eigenvalue weighted by molar-refractivity contribution is 6.31. The molecule has 0 saturated heterocycles. The minimum absolute atomic E-state index is 0.0166. The molecule has 0 N–H and O–H groups in total. The molecule has 0 aliphatic heterocycles. The van der Waals surface area contributed by atoms with E-state index in [-0.39, 0.29) is 5.78 Å². The molecule has 21 heavy (non-hydrogen) atoms. The van der Waals surface area contributed by atoms with Crippen molar-refractivity contribution in [2.24, 2.45) is 0 Å². The number of fused-ring (bicyclic) bond motifs is 1. The van der Waals surface area contributed by atoms with Gasteiger partial charge >= 0.3 is 0 Å². The largest absolute Gasteiger partial charge is 0.453 e. The van der Waals surface area contributed by atoms with Crippen LogP contribution in [0.2, 0.25) is 5.02 Å². The topological polar surface area (TPSA) is 30.2 Å². The molecule has 0 aliphatic rings. The maximum atomic E-state index is 12.2. The van der Waals surface area contributed by atoms with E-state index in [0.29, 0.717) is 22.8 Å². The lowest BCUT2D eigenvalue weighted by molar-refractivity contribution is 0.0958. The number of rotatable bonds is 4. The highest BCUT2D eigenvalue weighted by Crippen LogP contribution is 2.24. The number of carbonyl (C=O) groups is 1. The molecule has 0 amide bonds. The Morgan fingerprint density at radius 2 is 1.86 bits per heavy atom. The SMILES string of the molecule is Cc1ccc(CCC(=O)c2cc3cc(Cl)ccc3o2)cc1. The zero-order valence-electron chi connectivity index (χ0n) is 11.7. The fourth-order valence-corrected chi connectivity index (χ4v) is 2.47. The van der Waals surface area contributed by atoms with Crippen molar-refractivity contribution >= 4 is 28.4 Å². The summed E-state index contributed by atoms with van der Waals surface area (Å²) < 4.78 is 5.58. The van der Waals surface area contributed by atoms with Gasteiger partial charge in [-0.05, 0) is 43.2 Å². The lowest BCUT2D eigenvalue weighted by atomic mass is 10.1. The third-order valence-corrected chi connectivity index (χ3v) is 3.75. The Morgan fingerprint density at radius 1 is 1.10 bits per heavy atom. The zero-order chi connectivity index (χ0) is 14.8. The van der Waals surface area contributed by atoms with Gasteiger partial charge in [-0.15, -0.1) is 0 Å². The summed E-state index contributed by atoms with van der Waals surface area (Å²) in [5.74, 6) is 0.419. The van der Waals surface area contributed by atoms with Crippen LogP contribution in [0.4, 0.5) is 0 Å². The summed E-state index contributed by atoms with van der Waals surface area (Å²) in [6.07, 6.45) is 1.16. The van der Waals surface area contributed by atoms with E-state index < -0.39 is 0 Å². The molecule has 0 saturated carbocycles. The van der Waals surface area contributed by atoms with Crippen LogP contribution < -0.4 is 0 Å². The molecule has 0 bridgehead atoms. The van der Waals surface area contributed by atoms with Crippen LogP contribution >= 0.6 is 11.6 Å². The zero-order valence-corrected chi connectivity index (χ0v) is 12.5. The maximum absolute atomic E-state index is 12.2. The molecule has 3 rings (SSSR count). The van der Waals surface area contributed by atoms with Crippen molar-refractivity contribution in [2.75, 3.05) is 0 Å². The lowest BCUT2D eigenvalue weighted by Gasteiger charge is -2.00. The number of aryl methyl sites for hydroxylation is 2. The Bertz CT molecular complexity index is 785. The Labute approximate surface area is 128 Å². The van der Waals surface area contributed by atoms with Gasteiger partial charge in [-0.3, -0.25) is 4.79 Å². The molecule has 0 atom stereocenters. The highest BCUT2D eigenvalue weighted by Gasteiger charge is 2.12. The van der Waals surface area contributed by atoms with Gasteiger partial charge < -0.3 is 4.42 Å². The molecule has 3 aromatic rings. The van der Waals surface area contributed by atoms with Gasteiger partial charge in [0.1, 0.15) is 5.58 Å². The smallest absolute Gasteiger partial charge is 0.198 e. The number of carbonyl (C=O) groups excluding carboxylic acids is 1. The lowest BCUT2D eigenvalue weighted by Crippen LogP contribution is -1.99. The summed E-state index contributed by atoms with van der Waals surface area (Å²) in [4.78, 5) is 12.2. The van der Waals surface area contributed by atoms with Gasteiger partial charge in [0.2, 0.25) is 0 Å². The number of hydrogen-bond donors (Lipinski definition) is 0. The molecular weight excluding hydrogens is 284 g/mol. The van der Waals surface area contributed by atoms with E-state index in [1.807, 2.05) is 0 Å². The molecule has 0 aliphatic carbocycles. The number of ketones is 1. The second-order valence-corrected chi connectivity index (χ2v) is 5.64. The van der Waals surface area contributed by atoms with Crippen molar-refractivity contribution in [3.05, 3.63) is 70.4 Å². The number of Topliss-reactive ketones (excluding diaryl/α,β-unsaturated/α-hetero) is 1. The Morgan fingerprint density at radius 3 is 2.62 bits per heavy atom. The fraction of sp³-hybridized carbons (Fsp3) is 0.167. The van der Waals surface area contributed by atoms with Gasteiger partial charge in [0.25, 0.3) is 0 Å². The molecule has 0 unspecified atom stereocenters. The maximum Gasteiger partial charge on any atom is 0.198 e. The van der Waals surface area contributed by atoms with Crippen molar-refractivity contribution in [1.82, 2.24) is 0 Å². The van der Waals surface area contributed by atoms with E-state index in [4.69, 9.17) is 16.0 Å². The summed E-state index contributed by atoms with van der Waals surface area (Å²) in [6.45, 7) is 2.05. The standard InChI is InChI=1S/C18H15ClO2/c1-12-2-4-13(5-3-12)6-8-16(20)18-11-14-10-15(19)7-9-17(14)21-18/h2-5,7,9-11H,6,8H2,1H3. The van der Waals surface area contributed by atoms with Crippen molar-refractivity contribution in [1.29, 1.82) is 0 Å². The number of hydrogen-bond acceptors (Lipinski definition) is 2. The molecule has 2 aromatic carbocycles. The van der Waals surface area contributed by atoms with Crippen molar-refractivity contribution in [3.8, 4) is 0 Å². The predicted octanol–water partition coefficient (Wildman–Crippen LogP) is 5.21. The molecule has 2 nitrogen and oxygen atoms in total. The summed E-state index contributed by atoms with van der Waals surface area (Å²) in [7, 11) is 0. The molecule has 106 valence electrons. The van der Waals surface area contributed by atoms with Crippen LogP contribution in [0, 0.1) is 6.92 Å². The van der Waals surface area contributed by atoms with Crippen molar-refractivity contribution in [3.63, 3.8) is 0 Å². The Balaban J connectivity index is 1.73. The van der Waals surface area contributed by atoms with E-state index in [1.54, 1.807) is 24.3 Å². The summed E-state index contributed by atoms with van der Waals surface area (Å²) >= 11 is 5.93. The first-order valence-corrected chi connectivity index (χ1v) is 7.27. The first-order valence-electron chi connectivity index (χ1n) is 6.90. The summed E-state index contributed by atoms with van der Waals surface area (Å²) in [5.41, 5.74) is 3.07.